The van der Waals surface area contributed by atoms with Crippen LogP contribution >= 0.6 is 11.3 Å². The van der Waals surface area contributed by atoms with Crippen LogP contribution in [0.4, 0.5) is 0 Å². The highest BCUT2D eigenvalue weighted by Gasteiger charge is 2.28. The van der Waals surface area contributed by atoms with Crippen LogP contribution < -0.4 is 0 Å². The first-order valence-corrected chi connectivity index (χ1v) is 8.43. The third-order valence-electron chi connectivity index (χ3n) is 3.53. The molecule has 3 heteroatoms. The molecule has 0 amide bonds. The second kappa shape index (κ2) is 7.83. The van der Waals surface area contributed by atoms with E-state index in [0.717, 1.165) is 23.4 Å². The van der Waals surface area contributed by atoms with Crippen molar-refractivity contribution in [1.29, 1.82) is 0 Å². The topological polar surface area (TPSA) is 23.5 Å². The zero-order valence-corrected chi connectivity index (χ0v) is 13.4. The molecular formula is C17H25NOS. The zero-order valence-electron chi connectivity index (χ0n) is 12.6. The molecule has 0 saturated heterocycles. The Bertz CT molecular complexity index is 465. The Balaban J connectivity index is 1.88. The van der Waals surface area contributed by atoms with Gasteiger partial charge < -0.3 is 5.11 Å². The Labute approximate surface area is 126 Å². The molecule has 20 heavy (non-hydrogen) atoms. The second-order valence-corrected chi connectivity index (χ2v) is 7.09. The van der Waals surface area contributed by atoms with Crippen molar-refractivity contribution in [2.45, 2.75) is 52.1 Å². The van der Waals surface area contributed by atoms with Crippen molar-refractivity contribution >= 4 is 11.3 Å². The molecule has 0 radical (unpaired) electrons. The van der Waals surface area contributed by atoms with Gasteiger partial charge in [-0.3, -0.25) is 4.90 Å². The fourth-order valence-corrected chi connectivity index (χ4v) is 3.10. The molecule has 0 aromatic carbocycles. The summed E-state index contributed by atoms with van der Waals surface area (Å²) in [5.41, 5.74) is 0. The summed E-state index contributed by atoms with van der Waals surface area (Å²) < 4.78 is 0. The van der Waals surface area contributed by atoms with Gasteiger partial charge in [-0.2, -0.15) is 0 Å². The number of hydrogen-bond donors (Lipinski definition) is 1. The van der Waals surface area contributed by atoms with Gasteiger partial charge in [0.2, 0.25) is 0 Å². The predicted octanol–water partition coefficient (Wildman–Crippen LogP) is 3.49. The van der Waals surface area contributed by atoms with Gasteiger partial charge in [-0.05, 0) is 43.9 Å². The summed E-state index contributed by atoms with van der Waals surface area (Å²) in [6.07, 6.45) is 4.58. The maximum Gasteiger partial charge on any atom is 0.0771 e. The Morgan fingerprint density at radius 2 is 2.20 bits per heavy atom. The molecule has 0 spiro atoms. The highest BCUT2D eigenvalue weighted by Crippen LogP contribution is 2.30. The maximum atomic E-state index is 8.73. The average molecular weight is 291 g/mol. The Hall–Kier alpha value is -0.820. The van der Waals surface area contributed by atoms with Crippen LogP contribution in [0.25, 0.3) is 0 Å². The number of nitrogens with zero attached hydrogens (tertiary/aromatic N) is 1. The Kier molecular flexibility index (Phi) is 6.09. The Morgan fingerprint density at radius 3 is 2.85 bits per heavy atom. The van der Waals surface area contributed by atoms with Crippen LogP contribution in [0.2, 0.25) is 0 Å². The SMILES string of the molecule is CC(C)CCN(Cc1ccc(C#CCCO)s1)C1CC1. The highest BCUT2D eigenvalue weighted by molar-refractivity contribution is 7.12. The van der Waals surface area contributed by atoms with Crippen LogP contribution in [0.5, 0.6) is 0 Å². The van der Waals surface area contributed by atoms with Gasteiger partial charge in [-0.15, -0.1) is 11.3 Å². The van der Waals surface area contributed by atoms with Gasteiger partial charge in [0.1, 0.15) is 0 Å². The van der Waals surface area contributed by atoms with Crippen LogP contribution in [0.15, 0.2) is 12.1 Å². The third-order valence-corrected chi connectivity index (χ3v) is 4.51. The quantitative estimate of drug-likeness (QED) is 0.777. The Morgan fingerprint density at radius 1 is 1.40 bits per heavy atom. The first-order chi connectivity index (χ1) is 9.69. The van der Waals surface area contributed by atoms with Crippen LogP contribution in [0, 0.1) is 17.8 Å². The van der Waals surface area contributed by atoms with Crippen LogP contribution in [0.3, 0.4) is 0 Å². The van der Waals surface area contributed by atoms with E-state index in [-0.39, 0.29) is 6.61 Å². The normalized spacial score (nSPS) is 14.7. The molecule has 1 aliphatic rings. The lowest BCUT2D eigenvalue weighted by atomic mass is 10.1. The molecule has 1 N–H and O–H groups in total. The number of thiophene rings is 1. The molecule has 1 saturated carbocycles. The van der Waals surface area contributed by atoms with Gasteiger partial charge in [0.25, 0.3) is 0 Å². The minimum atomic E-state index is 0.149. The van der Waals surface area contributed by atoms with E-state index in [1.54, 1.807) is 11.3 Å². The van der Waals surface area contributed by atoms with Crippen molar-refractivity contribution in [3.8, 4) is 11.8 Å². The van der Waals surface area contributed by atoms with E-state index in [1.807, 2.05) is 0 Å². The molecule has 1 heterocycles. The summed E-state index contributed by atoms with van der Waals surface area (Å²) in [5, 5.41) is 8.73. The van der Waals surface area contributed by atoms with Gasteiger partial charge >= 0.3 is 0 Å². The van der Waals surface area contributed by atoms with E-state index < -0.39 is 0 Å². The second-order valence-electron chi connectivity index (χ2n) is 5.93. The molecule has 110 valence electrons. The number of aliphatic hydroxyl groups is 1. The molecule has 1 aromatic rings. The van der Waals surface area contributed by atoms with Crippen LogP contribution in [0.1, 0.15) is 49.3 Å². The minimum Gasteiger partial charge on any atom is -0.395 e. The smallest absolute Gasteiger partial charge is 0.0771 e. The zero-order chi connectivity index (χ0) is 14.4. The average Bonchev–Trinajstić information content (AvgIpc) is 3.16. The molecule has 0 unspecified atom stereocenters. The number of aliphatic hydroxyl groups excluding tert-OH is 1. The van der Waals surface area contributed by atoms with E-state index in [9.17, 15) is 0 Å². The van der Waals surface area contributed by atoms with Crippen molar-refractivity contribution in [3.05, 3.63) is 21.9 Å². The first-order valence-electron chi connectivity index (χ1n) is 7.61. The molecule has 0 atom stereocenters. The molecule has 1 fully saturated rings. The molecule has 0 aliphatic heterocycles. The first kappa shape index (κ1) is 15.6. The lowest BCUT2D eigenvalue weighted by molar-refractivity contribution is 0.241. The van der Waals surface area contributed by atoms with E-state index in [2.05, 4.69) is 42.7 Å². The van der Waals surface area contributed by atoms with Gasteiger partial charge in [0.15, 0.2) is 0 Å². The van der Waals surface area contributed by atoms with Crippen LogP contribution in [-0.4, -0.2) is 29.2 Å². The summed E-state index contributed by atoms with van der Waals surface area (Å²) in [6.45, 7) is 7.03. The van der Waals surface area contributed by atoms with Crippen molar-refractivity contribution in [3.63, 3.8) is 0 Å². The molecule has 1 aliphatic carbocycles. The van der Waals surface area contributed by atoms with E-state index in [4.69, 9.17) is 5.11 Å². The van der Waals surface area contributed by atoms with Crippen molar-refractivity contribution in [1.82, 2.24) is 4.90 Å². The summed E-state index contributed by atoms with van der Waals surface area (Å²) in [5.74, 6) is 6.89. The summed E-state index contributed by atoms with van der Waals surface area (Å²) in [4.78, 5) is 5.17. The monoisotopic (exact) mass is 291 g/mol. The lowest BCUT2D eigenvalue weighted by Crippen LogP contribution is -2.27. The minimum absolute atomic E-state index is 0.149. The van der Waals surface area contributed by atoms with Gasteiger partial charge in [0.05, 0.1) is 11.5 Å². The van der Waals surface area contributed by atoms with Crippen molar-refractivity contribution in [2.75, 3.05) is 13.2 Å². The van der Waals surface area contributed by atoms with Gasteiger partial charge in [-0.25, -0.2) is 0 Å². The van der Waals surface area contributed by atoms with Gasteiger partial charge in [-0.1, -0.05) is 25.7 Å². The summed E-state index contributed by atoms with van der Waals surface area (Å²) in [7, 11) is 0. The fraction of sp³-hybridized carbons (Fsp3) is 0.647. The summed E-state index contributed by atoms with van der Waals surface area (Å²) >= 11 is 1.79. The molecule has 0 bridgehead atoms. The number of hydrogen-bond acceptors (Lipinski definition) is 3. The predicted molar refractivity (Wildman–Crippen MR) is 85.8 cm³/mol. The molecule has 1 aromatic heterocycles. The van der Waals surface area contributed by atoms with Crippen LogP contribution in [-0.2, 0) is 6.54 Å². The van der Waals surface area contributed by atoms with E-state index in [1.165, 1.54) is 30.7 Å². The lowest BCUT2D eigenvalue weighted by Gasteiger charge is -2.22. The fourth-order valence-electron chi connectivity index (χ4n) is 2.19. The largest absolute Gasteiger partial charge is 0.395 e. The highest BCUT2D eigenvalue weighted by atomic mass is 32.1. The van der Waals surface area contributed by atoms with Crippen molar-refractivity contribution < 1.29 is 5.11 Å². The van der Waals surface area contributed by atoms with Gasteiger partial charge in [0, 0.05) is 23.9 Å². The molecule has 2 nitrogen and oxygen atoms in total. The van der Waals surface area contributed by atoms with E-state index in [0.29, 0.717) is 6.42 Å². The number of rotatable bonds is 7. The van der Waals surface area contributed by atoms with E-state index >= 15 is 0 Å². The molecular weight excluding hydrogens is 266 g/mol. The summed E-state index contributed by atoms with van der Waals surface area (Å²) in [6, 6.07) is 5.13. The van der Waals surface area contributed by atoms with Crippen molar-refractivity contribution in [2.24, 2.45) is 5.92 Å². The standard InChI is InChI=1S/C17H25NOS/c1-14(2)10-11-18(15-6-7-15)13-17-9-8-16(20-17)5-3-4-12-19/h8-9,14-15,19H,4,6-7,10-13H2,1-2H3. The third kappa shape index (κ3) is 5.28. The maximum absolute atomic E-state index is 8.73. The molecule has 2 rings (SSSR count).